The number of amides is 1. The highest BCUT2D eigenvalue weighted by atomic mass is 16.5. The van der Waals surface area contributed by atoms with Gasteiger partial charge in [-0.1, -0.05) is 35.9 Å². The molecule has 4 aliphatic rings. The van der Waals surface area contributed by atoms with Crippen molar-refractivity contribution in [2.75, 3.05) is 13.6 Å². The number of likely N-dealkylation sites (tertiary alicyclic amines) is 1. The molecule has 1 amide bonds. The van der Waals surface area contributed by atoms with Gasteiger partial charge < -0.3 is 20.1 Å². The molecule has 2 aliphatic heterocycles. The zero-order chi connectivity index (χ0) is 20.6. The van der Waals surface area contributed by atoms with Crippen LogP contribution in [-0.4, -0.2) is 47.7 Å². The predicted molar refractivity (Wildman–Crippen MR) is 114 cm³/mol. The Labute approximate surface area is 176 Å². The molecule has 5 unspecified atom stereocenters. The molecule has 2 heterocycles. The second-order valence-corrected chi connectivity index (χ2v) is 9.31. The van der Waals surface area contributed by atoms with E-state index in [1.807, 2.05) is 31.2 Å². The highest BCUT2D eigenvalue weighted by Gasteiger charge is 2.64. The molecule has 1 fully saturated rings. The van der Waals surface area contributed by atoms with Crippen LogP contribution in [0.15, 0.2) is 48.6 Å². The van der Waals surface area contributed by atoms with Gasteiger partial charge in [-0.2, -0.15) is 0 Å². The number of phenols is 1. The summed E-state index contributed by atoms with van der Waals surface area (Å²) in [6.07, 6.45) is 6.12. The van der Waals surface area contributed by atoms with Crippen molar-refractivity contribution in [2.24, 2.45) is 5.92 Å². The number of aryl methyl sites for hydroxylation is 1. The van der Waals surface area contributed by atoms with Crippen LogP contribution in [-0.2, 0) is 11.8 Å². The lowest BCUT2D eigenvalue weighted by Gasteiger charge is -2.57. The average molecular weight is 402 g/mol. The van der Waals surface area contributed by atoms with Crippen LogP contribution in [0.4, 0.5) is 0 Å². The van der Waals surface area contributed by atoms with E-state index in [2.05, 4.69) is 35.5 Å². The number of hydrogen-bond acceptors (Lipinski definition) is 4. The van der Waals surface area contributed by atoms with Gasteiger partial charge in [0, 0.05) is 28.5 Å². The van der Waals surface area contributed by atoms with E-state index in [1.165, 1.54) is 11.1 Å². The predicted octanol–water partition coefficient (Wildman–Crippen LogP) is 2.94. The Hall–Kier alpha value is -2.79. The van der Waals surface area contributed by atoms with E-state index in [0.717, 1.165) is 24.9 Å². The molecular weight excluding hydrogens is 376 g/mol. The molecule has 1 spiro atoms. The first-order valence-corrected chi connectivity index (χ1v) is 10.8. The summed E-state index contributed by atoms with van der Waals surface area (Å²) in [6.45, 7) is 2.98. The summed E-state index contributed by atoms with van der Waals surface area (Å²) >= 11 is 0. The van der Waals surface area contributed by atoms with Crippen LogP contribution < -0.4 is 10.1 Å². The van der Waals surface area contributed by atoms with Crippen LogP contribution in [0, 0.1) is 12.8 Å². The Balaban J connectivity index is 1.43. The quantitative estimate of drug-likeness (QED) is 0.759. The number of rotatable bonds is 2. The normalized spacial score (nSPS) is 33.0. The fourth-order valence-electron chi connectivity index (χ4n) is 6.41. The van der Waals surface area contributed by atoms with Crippen molar-refractivity contribution in [3.05, 3.63) is 70.8 Å². The number of aromatic hydroxyl groups is 1. The lowest BCUT2D eigenvalue weighted by atomic mass is 9.53. The summed E-state index contributed by atoms with van der Waals surface area (Å²) in [5.74, 6) is 1.07. The summed E-state index contributed by atoms with van der Waals surface area (Å²) in [4.78, 5) is 15.5. The Morgan fingerprint density at radius 2 is 2.13 bits per heavy atom. The molecule has 5 heteroatoms. The van der Waals surface area contributed by atoms with Crippen molar-refractivity contribution in [2.45, 2.75) is 43.4 Å². The van der Waals surface area contributed by atoms with Gasteiger partial charge in [-0.05, 0) is 57.1 Å². The number of hydrogen-bond donors (Lipinski definition) is 2. The fraction of sp³-hybridized carbons (Fsp3) is 0.400. The molecule has 2 aliphatic carbocycles. The molecule has 2 bridgehead atoms. The molecule has 5 atom stereocenters. The van der Waals surface area contributed by atoms with Crippen LogP contribution in [0.1, 0.15) is 33.5 Å². The second kappa shape index (κ2) is 6.11. The van der Waals surface area contributed by atoms with Crippen molar-refractivity contribution >= 4 is 5.91 Å². The van der Waals surface area contributed by atoms with Crippen molar-refractivity contribution in [3.8, 4) is 11.5 Å². The van der Waals surface area contributed by atoms with Gasteiger partial charge in [0.1, 0.15) is 6.10 Å². The van der Waals surface area contributed by atoms with E-state index in [4.69, 9.17) is 4.74 Å². The lowest BCUT2D eigenvalue weighted by molar-refractivity contribution is -0.00855. The maximum atomic E-state index is 13.0. The lowest BCUT2D eigenvalue weighted by Crippen LogP contribution is -2.66. The molecule has 1 saturated heterocycles. The summed E-state index contributed by atoms with van der Waals surface area (Å²) in [6, 6.07) is 11.6. The maximum Gasteiger partial charge on any atom is 0.251 e. The molecule has 5 nitrogen and oxygen atoms in total. The minimum Gasteiger partial charge on any atom is -0.504 e. The van der Waals surface area contributed by atoms with Gasteiger partial charge >= 0.3 is 0 Å². The zero-order valence-corrected chi connectivity index (χ0v) is 17.3. The Kier molecular flexibility index (Phi) is 3.67. The molecule has 0 aromatic heterocycles. The number of nitrogens with one attached hydrogen (secondary N) is 1. The molecule has 154 valence electrons. The summed E-state index contributed by atoms with van der Waals surface area (Å²) in [5, 5.41) is 13.8. The van der Waals surface area contributed by atoms with Gasteiger partial charge in [-0.3, -0.25) is 4.79 Å². The SMILES string of the molecule is Cc1cccc(C(=O)NC2C=CC3C4Cc5ccc(O)c6c5C3(CCN4C)C2O6)c1. The van der Waals surface area contributed by atoms with E-state index < -0.39 is 0 Å². The monoisotopic (exact) mass is 402 g/mol. The largest absolute Gasteiger partial charge is 0.504 e. The summed E-state index contributed by atoms with van der Waals surface area (Å²) < 4.78 is 6.48. The number of likely N-dealkylation sites (N-methyl/N-ethyl adjacent to an activating group) is 1. The van der Waals surface area contributed by atoms with Crippen molar-refractivity contribution in [1.82, 2.24) is 10.2 Å². The molecule has 0 saturated carbocycles. The average Bonchev–Trinajstić information content (AvgIpc) is 3.09. The van der Waals surface area contributed by atoms with E-state index in [0.29, 0.717) is 23.3 Å². The van der Waals surface area contributed by atoms with Crippen LogP contribution in [0.3, 0.4) is 0 Å². The van der Waals surface area contributed by atoms with E-state index in [-0.39, 0.29) is 29.2 Å². The maximum absolute atomic E-state index is 13.0. The third-order valence-electron chi connectivity index (χ3n) is 7.75. The number of nitrogens with zero attached hydrogens (tertiary/aromatic N) is 1. The summed E-state index contributed by atoms with van der Waals surface area (Å²) in [7, 11) is 2.20. The minimum absolute atomic E-state index is 0.0903. The van der Waals surface area contributed by atoms with Gasteiger partial charge in [-0.15, -0.1) is 0 Å². The van der Waals surface area contributed by atoms with E-state index >= 15 is 0 Å². The molecule has 6 rings (SSSR count). The van der Waals surface area contributed by atoms with E-state index in [1.54, 1.807) is 6.07 Å². The number of benzene rings is 2. The molecule has 2 N–H and O–H groups in total. The number of ether oxygens (including phenoxy) is 1. The first-order valence-electron chi connectivity index (χ1n) is 10.8. The van der Waals surface area contributed by atoms with Crippen LogP contribution in [0.5, 0.6) is 11.5 Å². The third kappa shape index (κ3) is 2.24. The van der Waals surface area contributed by atoms with Crippen LogP contribution >= 0.6 is 0 Å². The minimum atomic E-state index is -0.240. The number of carbonyl (C=O) groups excluding carboxylic acids is 1. The second-order valence-electron chi connectivity index (χ2n) is 9.31. The van der Waals surface area contributed by atoms with Gasteiger partial charge in [0.15, 0.2) is 11.5 Å². The Morgan fingerprint density at radius 1 is 1.27 bits per heavy atom. The topological polar surface area (TPSA) is 61.8 Å². The smallest absolute Gasteiger partial charge is 0.251 e. The van der Waals surface area contributed by atoms with Gasteiger partial charge in [-0.25, -0.2) is 0 Å². The van der Waals surface area contributed by atoms with E-state index in [9.17, 15) is 9.90 Å². The number of phenolic OH excluding ortho intramolecular Hbond substituents is 1. The Morgan fingerprint density at radius 3 is 2.97 bits per heavy atom. The van der Waals surface area contributed by atoms with Crippen molar-refractivity contribution < 1.29 is 14.6 Å². The molecule has 30 heavy (non-hydrogen) atoms. The molecule has 2 aromatic carbocycles. The first-order chi connectivity index (χ1) is 14.5. The highest BCUT2D eigenvalue weighted by Crippen LogP contribution is 2.62. The highest BCUT2D eigenvalue weighted by molar-refractivity contribution is 5.94. The summed E-state index contributed by atoms with van der Waals surface area (Å²) in [5.41, 5.74) is 3.98. The number of piperidine rings is 1. The van der Waals surface area contributed by atoms with Crippen LogP contribution in [0.25, 0.3) is 0 Å². The zero-order valence-electron chi connectivity index (χ0n) is 17.3. The third-order valence-corrected chi connectivity index (χ3v) is 7.75. The standard InChI is InChI=1S/C25H26N2O3/c1-14-4-3-5-16(12-14)24(29)26-18-8-7-17-19-13-15-6-9-20(28)22-21(15)25(17,23(18)30-22)10-11-27(19)2/h3-9,12,17-19,23,28H,10-11,13H2,1-2H3,(H,26,29). The first kappa shape index (κ1) is 18.0. The fourth-order valence-corrected chi connectivity index (χ4v) is 6.41. The van der Waals surface area contributed by atoms with Gasteiger partial charge in [0.05, 0.1) is 6.04 Å². The molecule has 2 aromatic rings. The van der Waals surface area contributed by atoms with Crippen molar-refractivity contribution in [3.63, 3.8) is 0 Å². The number of carbonyl (C=O) groups is 1. The van der Waals surface area contributed by atoms with Crippen LogP contribution in [0.2, 0.25) is 0 Å². The van der Waals surface area contributed by atoms with Crippen molar-refractivity contribution in [1.29, 1.82) is 0 Å². The molecular formula is C25H26N2O3. The molecule has 0 radical (unpaired) electrons. The van der Waals surface area contributed by atoms with Gasteiger partial charge in [0.25, 0.3) is 5.91 Å². The Bertz CT molecular complexity index is 1090. The van der Waals surface area contributed by atoms with Gasteiger partial charge in [0.2, 0.25) is 0 Å².